The van der Waals surface area contributed by atoms with Crippen molar-refractivity contribution in [3.63, 3.8) is 0 Å². The molecule has 3 rings (SSSR count). The van der Waals surface area contributed by atoms with Crippen molar-refractivity contribution >= 4 is 27.5 Å². The van der Waals surface area contributed by atoms with Gasteiger partial charge in [-0.2, -0.15) is 0 Å². The van der Waals surface area contributed by atoms with Crippen molar-refractivity contribution in [1.82, 2.24) is 0 Å². The number of Topliss-reactive ketones (excluding diaryl/α,β-unsaturated/α-hetero) is 2. The van der Waals surface area contributed by atoms with Crippen LogP contribution in [0.3, 0.4) is 0 Å². The smallest absolute Gasteiger partial charge is 0.192 e. The van der Waals surface area contributed by atoms with Crippen molar-refractivity contribution in [3.05, 3.63) is 70.8 Å². The van der Waals surface area contributed by atoms with Crippen LogP contribution in [-0.2, 0) is 4.32 Å². The molecule has 1 aliphatic rings. The molecular weight excluding hydrogens is 304 g/mol. The number of hydrogen-bond donors (Lipinski definition) is 0. The van der Waals surface area contributed by atoms with Crippen LogP contribution in [0.1, 0.15) is 31.8 Å². The van der Waals surface area contributed by atoms with Crippen molar-refractivity contribution in [1.29, 1.82) is 0 Å². The van der Waals surface area contributed by atoms with Gasteiger partial charge in [-0.05, 0) is 12.5 Å². The van der Waals surface area contributed by atoms with Crippen LogP contribution >= 0.6 is 15.9 Å². The van der Waals surface area contributed by atoms with Gasteiger partial charge in [0.15, 0.2) is 15.9 Å². The average Bonchev–Trinajstić information content (AvgIpc) is 2.63. The fourth-order valence-electron chi connectivity index (χ4n) is 2.47. The van der Waals surface area contributed by atoms with Crippen molar-refractivity contribution in [2.24, 2.45) is 0 Å². The first-order valence-corrected chi connectivity index (χ1v) is 6.79. The Morgan fingerprint density at radius 1 is 0.895 bits per heavy atom. The van der Waals surface area contributed by atoms with E-state index in [4.69, 9.17) is 0 Å². The molecule has 0 aliphatic heterocycles. The zero-order valence-electron chi connectivity index (χ0n) is 10.3. The normalized spacial score (nSPS) is 16.5. The van der Waals surface area contributed by atoms with E-state index < -0.39 is 4.32 Å². The van der Waals surface area contributed by atoms with Gasteiger partial charge in [-0.25, -0.2) is 0 Å². The molecule has 19 heavy (non-hydrogen) atoms. The SMILES string of the molecule is Cc1cccc(C2(Br)C(=O)c3ccccc3C2=O)c1. The first-order chi connectivity index (χ1) is 9.05. The molecule has 2 aromatic rings. The summed E-state index contributed by atoms with van der Waals surface area (Å²) in [6, 6.07) is 14.4. The van der Waals surface area contributed by atoms with Crippen LogP contribution in [0.25, 0.3) is 0 Å². The number of rotatable bonds is 1. The third kappa shape index (κ3) is 1.61. The quantitative estimate of drug-likeness (QED) is 0.594. The van der Waals surface area contributed by atoms with E-state index in [1.165, 1.54) is 0 Å². The zero-order chi connectivity index (χ0) is 13.6. The van der Waals surface area contributed by atoms with Gasteiger partial charge in [-0.3, -0.25) is 9.59 Å². The number of ketones is 2. The van der Waals surface area contributed by atoms with Gasteiger partial charge >= 0.3 is 0 Å². The number of aryl methyl sites for hydroxylation is 1. The van der Waals surface area contributed by atoms with E-state index in [-0.39, 0.29) is 11.6 Å². The molecule has 3 heteroatoms. The summed E-state index contributed by atoms with van der Waals surface area (Å²) in [5.41, 5.74) is 2.70. The number of halogens is 1. The molecule has 0 spiro atoms. The molecule has 0 saturated carbocycles. The number of benzene rings is 2. The van der Waals surface area contributed by atoms with E-state index in [9.17, 15) is 9.59 Å². The average molecular weight is 315 g/mol. The largest absolute Gasteiger partial charge is 0.292 e. The number of carbonyl (C=O) groups excluding carboxylic acids is 2. The molecule has 0 aromatic heterocycles. The third-order valence-electron chi connectivity index (χ3n) is 3.46. The summed E-state index contributed by atoms with van der Waals surface area (Å²) in [6.07, 6.45) is 0. The summed E-state index contributed by atoms with van der Waals surface area (Å²) < 4.78 is -1.26. The molecule has 0 atom stereocenters. The Balaban J connectivity index is 2.23. The Morgan fingerprint density at radius 2 is 1.47 bits per heavy atom. The van der Waals surface area contributed by atoms with Crippen LogP contribution in [0.5, 0.6) is 0 Å². The summed E-state index contributed by atoms with van der Waals surface area (Å²) in [4.78, 5) is 25.1. The van der Waals surface area contributed by atoms with E-state index in [1.54, 1.807) is 24.3 Å². The zero-order valence-corrected chi connectivity index (χ0v) is 11.9. The Hall–Kier alpha value is -1.74. The number of fused-ring (bicyclic) bond motifs is 1. The van der Waals surface area contributed by atoms with Crippen molar-refractivity contribution in [3.8, 4) is 0 Å². The number of alkyl halides is 1. The van der Waals surface area contributed by atoms with Crippen LogP contribution < -0.4 is 0 Å². The van der Waals surface area contributed by atoms with Gasteiger partial charge < -0.3 is 0 Å². The summed E-state index contributed by atoms with van der Waals surface area (Å²) in [5, 5.41) is 0. The standard InChI is InChI=1S/C16H11BrO2/c1-10-5-4-6-11(9-10)16(17)14(18)12-7-2-3-8-13(12)15(16)19/h2-9H,1H3. The van der Waals surface area contributed by atoms with Gasteiger partial charge in [0.2, 0.25) is 0 Å². The summed E-state index contributed by atoms with van der Waals surface area (Å²) in [7, 11) is 0. The highest BCUT2D eigenvalue weighted by atomic mass is 79.9. The van der Waals surface area contributed by atoms with Crippen LogP contribution in [0, 0.1) is 6.92 Å². The summed E-state index contributed by atoms with van der Waals surface area (Å²) in [6.45, 7) is 1.94. The molecule has 2 nitrogen and oxygen atoms in total. The van der Waals surface area contributed by atoms with Crippen molar-refractivity contribution < 1.29 is 9.59 Å². The molecule has 0 amide bonds. The highest BCUT2D eigenvalue weighted by Gasteiger charge is 2.52. The van der Waals surface area contributed by atoms with E-state index in [0.29, 0.717) is 16.7 Å². The molecule has 0 N–H and O–H groups in total. The first-order valence-electron chi connectivity index (χ1n) is 6.00. The Kier molecular flexibility index (Phi) is 2.68. The summed E-state index contributed by atoms with van der Waals surface area (Å²) >= 11 is 3.40. The Labute approximate surface area is 119 Å². The highest BCUT2D eigenvalue weighted by Crippen LogP contribution is 2.44. The molecule has 0 radical (unpaired) electrons. The molecule has 2 aromatic carbocycles. The lowest BCUT2D eigenvalue weighted by Crippen LogP contribution is -2.31. The molecule has 0 fully saturated rings. The maximum atomic E-state index is 12.6. The number of hydrogen-bond acceptors (Lipinski definition) is 2. The van der Waals surface area contributed by atoms with Gasteiger partial charge in [0.1, 0.15) is 0 Å². The van der Waals surface area contributed by atoms with E-state index >= 15 is 0 Å². The number of carbonyl (C=O) groups is 2. The lowest BCUT2D eigenvalue weighted by Gasteiger charge is -2.19. The molecule has 94 valence electrons. The molecule has 0 heterocycles. The maximum absolute atomic E-state index is 12.6. The molecular formula is C16H11BrO2. The van der Waals surface area contributed by atoms with Gasteiger partial charge in [-0.15, -0.1) is 0 Å². The predicted molar refractivity (Wildman–Crippen MR) is 76.9 cm³/mol. The minimum atomic E-state index is -1.26. The van der Waals surface area contributed by atoms with E-state index in [2.05, 4.69) is 15.9 Å². The van der Waals surface area contributed by atoms with Gasteiger partial charge in [0.05, 0.1) is 0 Å². The van der Waals surface area contributed by atoms with Gasteiger partial charge in [0, 0.05) is 11.1 Å². The monoisotopic (exact) mass is 314 g/mol. The Bertz CT molecular complexity index is 668. The fraction of sp³-hybridized carbons (Fsp3) is 0.125. The van der Waals surface area contributed by atoms with Gasteiger partial charge in [0.25, 0.3) is 0 Å². The Morgan fingerprint density at radius 3 is 2.00 bits per heavy atom. The van der Waals surface area contributed by atoms with Crippen LogP contribution in [-0.4, -0.2) is 11.6 Å². The third-order valence-corrected chi connectivity index (χ3v) is 4.64. The minimum absolute atomic E-state index is 0.182. The van der Waals surface area contributed by atoms with Crippen molar-refractivity contribution in [2.45, 2.75) is 11.2 Å². The summed E-state index contributed by atoms with van der Waals surface area (Å²) in [5.74, 6) is -0.364. The first kappa shape index (κ1) is 12.3. The molecule has 0 saturated heterocycles. The van der Waals surface area contributed by atoms with Gasteiger partial charge in [-0.1, -0.05) is 70.0 Å². The van der Waals surface area contributed by atoms with Crippen LogP contribution in [0.2, 0.25) is 0 Å². The second kappa shape index (κ2) is 4.14. The molecule has 1 aliphatic carbocycles. The van der Waals surface area contributed by atoms with E-state index in [1.807, 2.05) is 31.2 Å². The lowest BCUT2D eigenvalue weighted by molar-refractivity contribution is 0.0871. The minimum Gasteiger partial charge on any atom is -0.292 e. The lowest BCUT2D eigenvalue weighted by atomic mass is 9.93. The van der Waals surface area contributed by atoms with Crippen LogP contribution in [0.15, 0.2) is 48.5 Å². The molecule has 0 bridgehead atoms. The van der Waals surface area contributed by atoms with Crippen molar-refractivity contribution in [2.75, 3.05) is 0 Å². The fourth-order valence-corrected chi connectivity index (χ4v) is 3.15. The predicted octanol–water partition coefficient (Wildman–Crippen LogP) is 3.66. The maximum Gasteiger partial charge on any atom is 0.192 e. The second-order valence-electron chi connectivity index (χ2n) is 4.73. The second-order valence-corrected chi connectivity index (χ2v) is 5.92. The van der Waals surface area contributed by atoms with E-state index in [0.717, 1.165) is 5.56 Å². The topological polar surface area (TPSA) is 34.1 Å². The molecule has 0 unspecified atom stereocenters. The van der Waals surface area contributed by atoms with Crippen LogP contribution in [0.4, 0.5) is 0 Å². The highest BCUT2D eigenvalue weighted by molar-refractivity contribution is 9.10.